The van der Waals surface area contributed by atoms with Gasteiger partial charge in [-0.25, -0.2) is 0 Å². The fourth-order valence-electron chi connectivity index (χ4n) is 1.65. The van der Waals surface area contributed by atoms with Crippen LogP contribution in [-0.2, 0) is 0 Å². The van der Waals surface area contributed by atoms with Crippen LogP contribution in [0, 0.1) is 0 Å². The first kappa shape index (κ1) is 14.4. The van der Waals surface area contributed by atoms with Crippen molar-refractivity contribution in [2.75, 3.05) is 7.05 Å². The van der Waals surface area contributed by atoms with Gasteiger partial charge >= 0.3 is 0 Å². The van der Waals surface area contributed by atoms with Crippen LogP contribution in [0.2, 0.25) is 0 Å². The average molecular weight is 230 g/mol. The van der Waals surface area contributed by atoms with Crippen LogP contribution < -0.4 is 5.32 Å². The maximum Gasteiger partial charge on any atom is 0.0942 e. The molecule has 0 amide bonds. The van der Waals surface area contributed by atoms with Crippen LogP contribution in [0.1, 0.15) is 31.4 Å². The van der Waals surface area contributed by atoms with Gasteiger partial charge in [-0.05, 0) is 19.0 Å². The van der Waals surface area contributed by atoms with Crippen molar-refractivity contribution in [1.82, 2.24) is 5.32 Å². The topological polar surface area (TPSA) is 32.3 Å². The second-order valence-corrected chi connectivity index (χ2v) is 3.54. The summed E-state index contributed by atoms with van der Waals surface area (Å²) in [5.74, 6) is 0. The zero-order valence-electron chi connectivity index (χ0n) is 9.31. The van der Waals surface area contributed by atoms with Crippen molar-refractivity contribution < 1.29 is 5.11 Å². The van der Waals surface area contributed by atoms with Crippen molar-refractivity contribution in [1.29, 1.82) is 0 Å². The number of aliphatic hydroxyl groups is 1. The maximum atomic E-state index is 10.0. The Hall–Kier alpha value is -0.570. The van der Waals surface area contributed by atoms with E-state index >= 15 is 0 Å². The molecule has 1 aromatic carbocycles. The second-order valence-electron chi connectivity index (χ2n) is 3.54. The highest BCUT2D eigenvalue weighted by molar-refractivity contribution is 5.85. The highest BCUT2D eigenvalue weighted by Crippen LogP contribution is 2.18. The van der Waals surface area contributed by atoms with Crippen LogP contribution in [0.5, 0.6) is 0 Å². The molecule has 2 atom stereocenters. The van der Waals surface area contributed by atoms with Crippen LogP contribution >= 0.6 is 12.4 Å². The van der Waals surface area contributed by atoms with Gasteiger partial charge in [-0.15, -0.1) is 12.4 Å². The Bertz CT molecular complexity index is 253. The van der Waals surface area contributed by atoms with Crippen molar-refractivity contribution in [3.8, 4) is 0 Å². The number of rotatable bonds is 5. The summed E-state index contributed by atoms with van der Waals surface area (Å²) in [6.07, 6.45) is 1.67. The lowest BCUT2D eigenvalue weighted by atomic mass is 9.99. The fraction of sp³-hybridized carbons (Fsp3) is 0.500. The van der Waals surface area contributed by atoms with E-state index in [1.165, 1.54) is 0 Å². The summed E-state index contributed by atoms with van der Waals surface area (Å²) in [5, 5.41) is 13.2. The lowest BCUT2D eigenvalue weighted by Gasteiger charge is -2.22. The summed E-state index contributed by atoms with van der Waals surface area (Å²) in [4.78, 5) is 0. The molecule has 1 aromatic rings. The molecule has 0 fully saturated rings. The third-order valence-electron chi connectivity index (χ3n) is 2.49. The van der Waals surface area contributed by atoms with E-state index in [1.807, 2.05) is 37.4 Å². The van der Waals surface area contributed by atoms with E-state index in [1.54, 1.807) is 0 Å². The summed E-state index contributed by atoms with van der Waals surface area (Å²) in [6.45, 7) is 2.13. The van der Waals surface area contributed by atoms with Gasteiger partial charge in [0, 0.05) is 6.04 Å². The number of likely N-dealkylation sites (N-methyl/N-ethyl adjacent to an activating group) is 1. The quantitative estimate of drug-likeness (QED) is 0.814. The van der Waals surface area contributed by atoms with Crippen LogP contribution in [-0.4, -0.2) is 18.2 Å². The van der Waals surface area contributed by atoms with Crippen LogP contribution in [0.3, 0.4) is 0 Å². The summed E-state index contributed by atoms with van der Waals surface area (Å²) >= 11 is 0. The zero-order chi connectivity index (χ0) is 10.4. The SMILES string of the molecule is CCC[C@@H](NC)[C@@H](O)c1ccccc1.Cl. The van der Waals surface area contributed by atoms with Gasteiger partial charge in [0.2, 0.25) is 0 Å². The van der Waals surface area contributed by atoms with E-state index in [2.05, 4.69) is 12.2 Å². The van der Waals surface area contributed by atoms with Gasteiger partial charge in [0.1, 0.15) is 0 Å². The van der Waals surface area contributed by atoms with Gasteiger partial charge in [0.15, 0.2) is 0 Å². The molecule has 0 saturated carbocycles. The third-order valence-corrected chi connectivity index (χ3v) is 2.49. The molecule has 2 nitrogen and oxygen atoms in total. The van der Waals surface area contributed by atoms with Crippen LogP contribution in [0.4, 0.5) is 0 Å². The molecule has 0 spiro atoms. The summed E-state index contributed by atoms with van der Waals surface area (Å²) in [5.41, 5.74) is 0.986. The molecule has 0 aliphatic heterocycles. The standard InChI is InChI=1S/C12H19NO.ClH/c1-3-7-11(13-2)12(14)10-8-5-4-6-9-10;/h4-6,8-9,11-14H,3,7H2,1-2H3;1H/t11-,12+;/m1./s1. The van der Waals surface area contributed by atoms with E-state index < -0.39 is 6.10 Å². The molecule has 86 valence electrons. The Morgan fingerprint density at radius 1 is 1.27 bits per heavy atom. The number of aliphatic hydroxyl groups excluding tert-OH is 1. The summed E-state index contributed by atoms with van der Waals surface area (Å²) in [7, 11) is 1.90. The molecule has 0 bridgehead atoms. The minimum Gasteiger partial charge on any atom is -0.387 e. The molecule has 0 unspecified atom stereocenters. The first-order chi connectivity index (χ1) is 6.79. The lowest BCUT2D eigenvalue weighted by Crippen LogP contribution is -2.31. The minimum absolute atomic E-state index is 0. The molecule has 0 aromatic heterocycles. The lowest BCUT2D eigenvalue weighted by molar-refractivity contribution is 0.127. The molecule has 0 aliphatic rings. The van der Waals surface area contributed by atoms with Crippen molar-refractivity contribution in [2.24, 2.45) is 0 Å². The van der Waals surface area contributed by atoms with Gasteiger partial charge in [0.05, 0.1) is 6.10 Å². The first-order valence-electron chi connectivity index (χ1n) is 5.19. The Labute approximate surface area is 98.1 Å². The predicted molar refractivity (Wildman–Crippen MR) is 66.4 cm³/mol. The average Bonchev–Trinajstić information content (AvgIpc) is 2.26. The van der Waals surface area contributed by atoms with Gasteiger partial charge in [-0.1, -0.05) is 43.7 Å². The summed E-state index contributed by atoms with van der Waals surface area (Å²) < 4.78 is 0. The van der Waals surface area contributed by atoms with Crippen LogP contribution in [0.25, 0.3) is 0 Å². The first-order valence-corrected chi connectivity index (χ1v) is 5.19. The molecule has 0 aliphatic carbocycles. The molecular weight excluding hydrogens is 210 g/mol. The number of nitrogens with one attached hydrogen (secondary N) is 1. The number of benzene rings is 1. The molecule has 0 heterocycles. The zero-order valence-corrected chi connectivity index (χ0v) is 10.1. The smallest absolute Gasteiger partial charge is 0.0942 e. The molecule has 3 heteroatoms. The fourth-order valence-corrected chi connectivity index (χ4v) is 1.65. The van der Waals surface area contributed by atoms with E-state index in [9.17, 15) is 5.11 Å². The van der Waals surface area contributed by atoms with Crippen molar-refractivity contribution >= 4 is 12.4 Å². The monoisotopic (exact) mass is 229 g/mol. The Balaban J connectivity index is 0.00000196. The minimum atomic E-state index is -0.402. The second kappa shape index (κ2) is 7.69. The highest BCUT2D eigenvalue weighted by atomic mass is 35.5. The van der Waals surface area contributed by atoms with Gasteiger partial charge in [-0.2, -0.15) is 0 Å². The molecule has 0 saturated heterocycles. The Kier molecular flexibility index (Phi) is 7.39. The summed E-state index contributed by atoms with van der Waals surface area (Å²) in [6, 6.07) is 9.95. The van der Waals surface area contributed by atoms with Gasteiger partial charge in [-0.3, -0.25) is 0 Å². The Morgan fingerprint density at radius 2 is 1.87 bits per heavy atom. The number of hydrogen-bond donors (Lipinski definition) is 2. The molecule has 0 radical (unpaired) electrons. The van der Waals surface area contributed by atoms with Gasteiger partial charge in [0.25, 0.3) is 0 Å². The van der Waals surface area contributed by atoms with Gasteiger partial charge < -0.3 is 10.4 Å². The molecule has 2 N–H and O–H groups in total. The highest BCUT2D eigenvalue weighted by Gasteiger charge is 2.17. The predicted octanol–water partition coefficient (Wildman–Crippen LogP) is 2.53. The molecule has 1 rings (SSSR count). The van der Waals surface area contributed by atoms with Crippen molar-refractivity contribution in [2.45, 2.75) is 31.9 Å². The Morgan fingerprint density at radius 3 is 2.33 bits per heavy atom. The largest absolute Gasteiger partial charge is 0.387 e. The van der Waals surface area contributed by atoms with E-state index in [4.69, 9.17) is 0 Å². The maximum absolute atomic E-state index is 10.0. The third kappa shape index (κ3) is 4.20. The number of hydrogen-bond acceptors (Lipinski definition) is 2. The normalized spacial score (nSPS) is 14.1. The molecule has 15 heavy (non-hydrogen) atoms. The van der Waals surface area contributed by atoms with E-state index in [0.717, 1.165) is 18.4 Å². The van der Waals surface area contributed by atoms with E-state index in [-0.39, 0.29) is 18.4 Å². The number of halogens is 1. The van der Waals surface area contributed by atoms with Crippen molar-refractivity contribution in [3.63, 3.8) is 0 Å². The molecular formula is C12H20ClNO. The van der Waals surface area contributed by atoms with E-state index in [0.29, 0.717) is 0 Å². The van der Waals surface area contributed by atoms with Crippen molar-refractivity contribution in [3.05, 3.63) is 35.9 Å². The van der Waals surface area contributed by atoms with Crippen LogP contribution in [0.15, 0.2) is 30.3 Å².